The van der Waals surface area contributed by atoms with Crippen molar-refractivity contribution in [2.24, 2.45) is 0 Å². The van der Waals surface area contributed by atoms with Gasteiger partial charge >= 0.3 is 5.63 Å². The highest BCUT2D eigenvalue weighted by Gasteiger charge is 2.10. The molecule has 0 fully saturated rings. The van der Waals surface area contributed by atoms with E-state index in [1.54, 1.807) is 24.3 Å². The van der Waals surface area contributed by atoms with Gasteiger partial charge in [0, 0.05) is 11.5 Å². The van der Waals surface area contributed by atoms with Crippen molar-refractivity contribution in [1.29, 1.82) is 0 Å². The van der Waals surface area contributed by atoms with Crippen molar-refractivity contribution < 1.29 is 28.6 Å². The summed E-state index contributed by atoms with van der Waals surface area (Å²) >= 11 is 0. The molecule has 1 aromatic heterocycles. The number of carbonyl (C=O) groups is 3. The average Bonchev–Trinajstić information content (AvgIpc) is 2.69. The second-order valence-electron chi connectivity index (χ2n) is 5.81. The molecular weight excluding hydrogens is 368 g/mol. The van der Waals surface area contributed by atoms with E-state index < -0.39 is 36.5 Å². The summed E-state index contributed by atoms with van der Waals surface area (Å²) in [5, 5.41) is 16.5. The van der Waals surface area contributed by atoms with E-state index >= 15 is 0 Å². The Kier molecular flexibility index (Phi) is 5.54. The van der Waals surface area contributed by atoms with E-state index in [-0.39, 0.29) is 6.61 Å². The third-order valence-electron chi connectivity index (χ3n) is 3.84. The molecule has 28 heavy (non-hydrogen) atoms. The minimum atomic E-state index is -1.43. The molecule has 0 bridgehead atoms. The van der Waals surface area contributed by atoms with Crippen LogP contribution in [0.3, 0.4) is 0 Å². The lowest BCUT2D eigenvalue weighted by Gasteiger charge is -2.09. The van der Waals surface area contributed by atoms with Gasteiger partial charge in [0.25, 0.3) is 5.91 Å². The van der Waals surface area contributed by atoms with Crippen LogP contribution in [-0.4, -0.2) is 37.5 Å². The second kappa shape index (κ2) is 8.21. The summed E-state index contributed by atoms with van der Waals surface area (Å²) < 4.78 is 10.7. The molecular formula is C19H15N2O7-. The standard InChI is InChI=1S/C19H16N2O7/c22-16(21-9-18(24)25)8-20-17(23)10-27-11-5-6-13-12-3-1-2-4-14(12)19(26)28-15(13)7-11/h1-7H,8-10H2,(H,20,23)(H,21,22)(H,24,25)/p-1. The maximum atomic E-state index is 12.1. The molecule has 0 unspecified atom stereocenters. The fraction of sp³-hybridized carbons (Fsp3) is 0.158. The van der Waals surface area contributed by atoms with E-state index in [2.05, 4.69) is 10.6 Å². The van der Waals surface area contributed by atoms with Crippen molar-refractivity contribution in [3.05, 3.63) is 52.9 Å². The van der Waals surface area contributed by atoms with Gasteiger partial charge in [-0.05, 0) is 23.6 Å². The molecule has 9 heteroatoms. The van der Waals surface area contributed by atoms with Crippen molar-refractivity contribution in [3.63, 3.8) is 0 Å². The number of amides is 2. The van der Waals surface area contributed by atoms with Crippen molar-refractivity contribution in [2.45, 2.75) is 0 Å². The Morgan fingerprint density at radius 2 is 1.64 bits per heavy atom. The maximum Gasteiger partial charge on any atom is 0.344 e. The summed E-state index contributed by atoms with van der Waals surface area (Å²) in [5.74, 6) is -2.37. The molecule has 0 spiro atoms. The number of fused-ring (bicyclic) bond motifs is 3. The first-order valence-corrected chi connectivity index (χ1v) is 8.25. The van der Waals surface area contributed by atoms with E-state index in [1.807, 2.05) is 12.1 Å². The predicted molar refractivity (Wildman–Crippen MR) is 96.5 cm³/mol. The molecule has 0 saturated carbocycles. The molecule has 2 N–H and O–H groups in total. The lowest BCUT2D eigenvalue weighted by atomic mass is 10.1. The zero-order valence-electron chi connectivity index (χ0n) is 14.5. The van der Waals surface area contributed by atoms with Crippen molar-refractivity contribution in [2.75, 3.05) is 19.7 Å². The summed E-state index contributed by atoms with van der Waals surface area (Å²) in [7, 11) is 0. The Hall–Kier alpha value is -3.88. The second-order valence-corrected chi connectivity index (χ2v) is 5.81. The normalized spacial score (nSPS) is 10.6. The molecule has 3 rings (SSSR count). The minimum Gasteiger partial charge on any atom is -0.548 e. The van der Waals surface area contributed by atoms with E-state index in [9.17, 15) is 24.3 Å². The first-order chi connectivity index (χ1) is 13.4. The molecule has 9 nitrogen and oxygen atoms in total. The van der Waals surface area contributed by atoms with Crippen molar-refractivity contribution in [1.82, 2.24) is 10.6 Å². The monoisotopic (exact) mass is 383 g/mol. The Labute approximate surface area is 157 Å². The quantitative estimate of drug-likeness (QED) is 0.407. The average molecular weight is 383 g/mol. The number of nitrogens with one attached hydrogen (secondary N) is 2. The van der Waals surface area contributed by atoms with Crippen molar-refractivity contribution >= 4 is 39.5 Å². The maximum absolute atomic E-state index is 12.1. The summed E-state index contributed by atoms with van der Waals surface area (Å²) in [6, 6.07) is 11.9. The highest BCUT2D eigenvalue weighted by atomic mass is 16.5. The zero-order chi connectivity index (χ0) is 20.1. The number of ether oxygens (including phenoxy) is 1. The largest absolute Gasteiger partial charge is 0.548 e. The number of benzene rings is 2. The van der Waals surface area contributed by atoms with Gasteiger partial charge in [0.2, 0.25) is 5.91 Å². The van der Waals surface area contributed by atoms with Gasteiger partial charge < -0.3 is 29.7 Å². The number of carboxylic acid groups (broad SMARTS) is 1. The molecule has 0 saturated heterocycles. The molecule has 1 heterocycles. The van der Waals surface area contributed by atoms with E-state index in [1.165, 1.54) is 6.07 Å². The first-order valence-electron chi connectivity index (χ1n) is 8.25. The van der Waals surface area contributed by atoms with Gasteiger partial charge in [0.15, 0.2) is 6.61 Å². The summed E-state index contributed by atoms with van der Waals surface area (Å²) in [5.41, 5.74) is -0.149. The van der Waals surface area contributed by atoms with Gasteiger partial charge in [0.05, 0.1) is 24.4 Å². The van der Waals surface area contributed by atoms with Crippen LogP contribution < -0.4 is 26.1 Å². The summed E-state index contributed by atoms with van der Waals surface area (Å²) in [4.78, 5) is 45.3. The third kappa shape index (κ3) is 4.44. The topological polar surface area (TPSA) is 138 Å². The van der Waals surface area contributed by atoms with Crippen LogP contribution in [0.25, 0.3) is 21.7 Å². The van der Waals surface area contributed by atoms with Crippen LogP contribution in [0.4, 0.5) is 0 Å². The van der Waals surface area contributed by atoms with Crippen molar-refractivity contribution in [3.8, 4) is 5.75 Å². The lowest BCUT2D eigenvalue weighted by Crippen LogP contribution is -2.43. The Morgan fingerprint density at radius 3 is 2.39 bits per heavy atom. The highest BCUT2D eigenvalue weighted by molar-refractivity contribution is 6.04. The fourth-order valence-corrected chi connectivity index (χ4v) is 2.56. The van der Waals surface area contributed by atoms with Crippen LogP contribution in [0.15, 0.2) is 51.7 Å². The van der Waals surface area contributed by atoms with Gasteiger partial charge in [-0.3, -0.25) is 9.59 Å². The smallest absolute Gasteiger partial charge is 0.344 e. The molecule has 2 aromatic carbocycles. The summed E-state index contributed by atoms with van der Waals surface area (Å²) in [6.45, 7) is -1.41. The first kappa shape index (κ1) is 18.9. The minimum absolute atomic E-state index is 0.308. The summed E-state index contributed by atoms with van der Waals surface area (Å²) in [6.07, 6.45) is 0. The lowest BCUT2D eigenvalue weighted by molar-refractivity contribution is -0.304. The Balaban J connectivity index is 1.63. The molecule has 2 amide bonds. The molecule has 3 aromatic rings. The van der Waals surface area contributed by atoms with Gasteiger partial charge in [-0.1, -0.05) is 18.2 Å². The molecule has 0 atom stereocenters. The molecule has 0 aliphatic carbocycles. The molecule has 0 aliphatic rings. The number of hydrogen-bond acceptors (Lipinski definition) is 7. The number of aliphatic carboxylic acids is 1. The van der Waals surface area contributed by atoms with Crippen LogP contribution in [-0.2, 0) is 14.4 Å². The highest BCUT2D eigenvalue weighted by Crippen LogP contribution is 2.26. The molecule has 144 valence electrons. The van der Waals surface area contributed by atoms with Gasteiger partial charge in [-0.25, -0.2) is 4.79 Å². The Morgan fingerprint density at radius 1 is 0.929 bits per heavy atom. The number of rotatable bonds is 7. The Bertz CT molecular complexity index is 1120. The van der Waals surface area contributed by atoms with Gasteiger partial charge in [0.1, 0.15) is 11.3 Å². The fourth-order valence-electron chi connectivity index (χ4n) is 2.56. The molecule has 0 radical (unpaired) electrons. The SMILES string of the molecule is O=C([O-])CNC(=O)CNC(=O)COc1ccc2c(c1)oc(=O)c1ccccc12. The predicted octanol–water partition coefficient (Wildman–Crippen LogP) is -0.693. The zero-order valence-corrected chi connectivity index (χ0v) is 14.5. The third-order valence-corrected chi connectivity index (χ3v) is 3.84. The van der Waals surface area contributed by atoms with E-state index in [0.717, 1.165) is 10.8 Å². The number of carbonyl (C=O) groups excluding carboxylic acids is 3. The number of carboxylic acids is 1. The van der Waals surface area contributed by atoms with Gasteiger partial charge in [-0.15, -0.1) is 0 Å². The van der Waals surface area contributed by atoms with Crippen LogP contribution in [0.1, 0.15) is 0 Å². The van der Waals surface area contributed by atoms with Crippen LogP contribution >= 0.6 is 0 Å². The number of hydrogen-bond donors (Lipinski definition) is 2. The van der Waals surface area contributed by atoms with Gasteiger partial charge in [-0.2, -0.15) is 0 Å². The van der Waals surface area contributed by atoms with E-state index in [4.69, 9.17) is 9.15 Å². The van der Waals surface area contributed by atoms with Crippen LogP contribution in [0.2, 0.25) is 0 Å². The van der Waals surface area contributed by atoms with E-state index in [0.29, 0.717) is 16.7 Å². The van der Waals surface area contributed by atoms with Crippen LogP contribution in [0, 0.1) is 0 Å². The molecule has 0 aliphatic heterocycles. The van der Waals surface area contributed by atoms with Crippen LogP contribution in [0.5, 0.6) is 5.75 Å².